The van der Waals surface area contributed by atoms with E-state index in [1.807, 2.05) is 0 Å². The minimum atomic E-state index is -4.57. The van der Waals surface area contributed by atoms with Crippen molar-refractivity contribution >= 4 is 23.4 Å². The maximum atomic E-state index is 12.8. The van der Waals surface area contributed by atoms with Gasteiger partial charge in [-0.1, -0.05) is 11.6 Å². The lowest BCUT2D eigenvalue weighted by atomic mass is 9.90. The summed E-state index contributed by atoms with van der Waals surface area (Å²) in [6.45, 7) is 1.71. The van der Waals surface area contributed by atoms with E-state index in [1.165, 1.54) is 14.2 Å². The predicted molar refractivity (Wildman–Crippen MR) is 99.3 cm³/mol. The number of hydrogen-bond donors (Lipinski definition) is 1. The Morgan fingerprint density at radius 3 is 2.59 bits per heavy atom. The minimum absolute atomic E-state index is 0.0385. The summed E-state index contributed by atoms with van der Waals surface area (Å²) in [5.74, 6) is 0.438. The van der Waals surface area contributed by atoms with Gasteiger partial charge < -0.3 is 19.5 Å². The summed E-state index contributed by atoms with van der Waals surface area (Å²) < 4.78 is 54.5. The molecule has 0 saturated carbocycles. The second kappa shape index (κ2) is 7.62. The lowest BCUT2D eigenvalue weighted by molar-refractivity contribution is -0.148. The number of hydrogen-bond acceptors (Lipinski definition) is 6. The van der Waals surface area contributed by atoms with Gasteiger partial charge >= 0.3 is 12.1 Å². The lowest BCUT2D eigenvalue weighted by Gasteiger charge is -2.25. The molecule has 1 fully saturated rings. The Morgan fingerprint density at radius 1 is 1.28 bits per heavy atom. The highest BCUT2D eigenvalue weighted by Gasteiger charge is 2.46. The maximum Gasteiger partial charge on any atom is 0.417 e. The fraction of sp³-hybridized carbons (Fsp3) is 0.368. The van der Waals surface area contributed by atoms with E-state index >= 15 is 0 Å². The van der Waals surface area contributed by atoms with Crippen molar-refractivity contribution in [1.29, 1.82) is 0 Å². The van der Waals surface area contributed by atoms with E-state index in [0.29, 0.717) is 23.3 Å². The second-order valence-corrected chi connectivity index (χ2v) is 7.08. The quantitative estimate of drug-likeness (QED) is 0.708. The van der Waals surface area contributed by atoms with Gasteiger partial charge in [-0.3, -0.25) is 0 Å². The zero-order valence-electron chi connectivity index (χ0n) is 15.8. The molecule has 3 rings (SSSR count). The largest absolute Gasteiger partial charge is 0.497 e. The first-order chi connectivity index (χ1) is 13.6. The number of aromatic nitrogens is 1. The van der Waals surface area contributed by atoms with Crippen LogP contribution in [-0.4, -0.2) is 31.2 Å². The monoisotopic (exact) mass is 430 g/mol. The van der Waals surface area contributed by atoms with Crippen molar-refractivity contribution in [3.8, 4) is 11.5 Å². The van der Waals surface area contributed by atoms with Gasteiger partial charge in [-0.15, -0.1) is 0 Å². The van der Waals surface area contributed by atoms with Gasteiger partial charge in [-0.05, 0) is 31.2 Å². The van der Waals surface area contributed by atoms with Crippen molar-refractivity contribution < 1.29 is 32.2 Å². The highest BCUT2D eigenvalue weighted by Crippen LogP contribution is 2.43. The highest BCUT2D eigenvalue weighted by molar-refractivity contribution is 6.33. The molecule has 0 radical (unpaired) electrons. The Morgan fingerprint density at radius 2 is 2.00 bits per heavy atom. The van der Waals surface area contributed by atoms with Crippen molar-refractivity contribution in [3.63, 3.8) is 0 Å². The van der Waals surface area contributed by atoms with Crippen molar-refractivity contribution in [2.75, 3.05) is 19.5 Å². The first-order valence-electron chi connectivity index (χ1n) is 8.52. The smallest absolute Gasteiger partial charge is 0.417 e. The molecular formula is C19H18ClF3N2O4. The molecule has 1 N–H and O–H groups in total. The number of methoxy groups -OCH3 is 2. The van der Waals surface area contributed by atoms with Gasteiger partial charge in [-0.2, -0.15) is 13.2 Å². The van der Waals surface area contributed by atoms with Crippen molar-refractivity contribution in [1.82, 2.24) is 4.98 Å². The average molecular weight is 431 g/mol. The topological polar surface area (TPSA) is 69.7 Å². The van der Waals surface area contributed by atoms with Crippen LogP contribution in [0.2, 0.25) is 5.02 Å². The average Bonchev–Trinajstić information content (AvgIpc) is 2.96. The number of cyclic esters (lactones) is 1. The van der Waals surface area contributed by atoms with Gasteiger partial charge in [0.15, 0.2) is 0 Å². The van der Waals surface area contributed by atoms with Crippen LogP contribution in [0.25, 0.3) is 0 Å². The number of carbonyl (C=O) groups is 1. The lowest BCUT2D eigenvalue weighted by Crippen LogP contribution is -2.26. The van der Waals surface area contributed by atoms with Crippen LogP contribution >= 0.6 is 11.6 Å². The molecule has 0 spiro atoms. The third-order valence-electron chi connectivity index (χ3n) is 4.66. The fourth-order valence-electron chi connectivity index (χ4n) is 3.17. The standard InChI is InChI=1S/C19H18ClF3N2O4/c1-18(12-7-11(27-2)4-5-15(12)28-3)8-14(17(26)29-18)25-16-13(20)6-10(9-24-16)19(21,22)23/h4-7,9,14H,8H2,1-3H3,(H,24,25). The van der Waals surface area contributed by atoms with E-state index in [2.05, 4.69) is 10.3 Å². The fourth-order valence-corrected chi connectivity index (χ4v) is 3.39. The first kappa shape index (κ1) is 21.0. The number of carbonyl (C=O) groups excluding carboxylic acids is 1. The number of nitrogens with one attached hydrogen (secondary N) is 1. The molecule has 6 nitrogen and oxygen atoms in total. The van der Waals surface area contributed by atoms with E-state index in [9.17, 15) is 18.0 Å². The molecule has 1 saturated heterocycles. The zero-order valence-corrected chi connectivity index (χ0v) is 16.5. The van der Waals surface area contributed by atoms with E-state index < -0.39 is 29.4 Å². The summed E-state index contributed by atoms with van der Waals surface area (Å²) >= 11 is 5.92. The molecule has 1 aromatic heterocycles. The van der Waals surface area contributed by atoms with Crippen LogP contribution in [0.1, 0.15) is 24.5 Å². The first-order valence-corrected chi connectivity index (χ1v) is 8.90. The molecule has 2 heterocycles. The summed E-state index contributed by atoms with van der Waals surface area (Å²) in [4.78, 5) is 16.2. The van der Waals surface area contributed by atoms with Gasteiger partial charge in [-0.25, -0.2) is 9.78 Å². The number of rotatable bonds is 5. The Kier molecular flexibility index (Phi) is 5.53. The van der Waals surface area contributed by atoms with Crippen LogP contribution in [0, 0.1) is 0 Å². The number of ether oxygens (including phenoxy) is 3. The Hall–Kier alpha value is -2.68. The maximum absolute atomic E-state index is 12.8. The third-order valence-corrected chi connectivity index (χ3v) is 4.95. The van der Waals surface area contributed by atoms with E-state index in [4.69, 9.17) is 25.8 Å². The predicted octanol–water partition coefficient (Wildman–Crippen LogP) is 4.41. The number of nitrogens with zero attached hydrogens (tertiary/aromatic N) is 1. The van der Waals surface area contributed by atoms with Gasteiger partial charge in [0, 0.05) is 18.2 Å². The van der Waals surface area contributed by atoms with Crippen LogP contribution in [0.4, 0.5) is 19.0 Å². The molecule has 29 heavy (non-hydrogen) atoms. The minimum Gasteiger partial charge on any atom is -0.497 e. The SMILES string of the molecule is COc1ccc(OC)c(C2(C)CC(Nc3ncc(C(F)(F)F)cc3Cl)C(=O)O2)c1. The normalized spacial score (nSPS) is 21.6. The molecular weight excluding hydrogens is 413 g/mol. The molecule has 1 aromatic carbocycles. The van der Waals surface area contributed by atoms with Crippen LogP contribution < -0.4 is 14.8 Å². The van der Waals surface area contributed by atoms with Crippen LogP contribution in [0.15, 0.2) is 30.5 Å². The second-order valence-electron chi connectivity index (χ2n) is 6.67. The number of alkyl halides is 3. The molecule has 2 unspecified atom stereocenters. The molecule has 2 atom stereocenters. The summed E-state index contributed by atoms with van der Waals surface area (Å²) in [5, 5.41) is 2.52. The van der Waals surface area contributed by atoms with Crippen molar-refractivity contribution in [2.45, 2.75) is 31.2 Å². The van der Waals surface area contributed by atoms with E-state index in [0.717, 1.165) is 6.07 Å². The van der Waals surface area contributed by atoms with Crippen molar-refractivity contribution in [2.24, 2.45) is 0 Å². The molecule has 0 amide bonds. The van der Waals surface area contributed by atoms with E-state index in [-0.39, 0.29) is 17.3 Å². The number of halogens is 4. The Labute approximate surface area is 169 Å². The van der Waals surface area contributed by atoms with Gasteiger partial charge in [0.2, 0.25) is 0 Å². The summed E-state index contributed by atoms with van der Waals surface area (Å²) in [6, 6.07) is 5.00. The van der Waals surface area contributed by atoms with Gasteiger partial charge in [0.05, 0.1) is 24.8 Å². The molecule has 10 heteroatoms. The zero-order chi connectivity index (χ0) is 21.4. The molecule has 0 aliphatic carbocycles. The van der Waals surface area contributed by atoms with Crippen LogP contribution in [-0.2, 0) is 21.3 Å². The van der Waals surface area contributed by atoms with Gasteiger partial charge in [0.25, 0.3) is 0 Å². The Balaban J connectivity index is 1.86. The Bertz CT molecular complexity index is 938. The number of pyridine rings is 1. The molecule has 2 aromatic rings. The van der Waals surface area contributed by atoms with E-state index in [1.54, 1.807) is 25.1 Å². The van der Waals surface area contributed by atoms with Crippen LogP contribution in [0.3, 0.4) is 0 Å². The van der Waals surface area contributed by atoms with Gasteiger partial charge in [0.1, 0.15) is 29.0 Å². The highest BCUT2D eigenvalue weighted by atomic mass is 35.5. The van der Waals surface area contributed by atoms with Crippen LogP contribution in [0.5, 0.6) is 11.5 Å². The van der Waals surface area contributed by atoms with Crippen molar-refractivity contribution in [3.05, 3.63) is 46.6 Å². The number of anilines is 1. The molecule has 0 bridgehead atoms. The molecule has 156 valence electrons. The summed E-state index contributed by atoms with van der Waals surface area (Å²) in [6.07, 6.45) is -3.74. The summed E-state index contributed by atoms with van der Waals surface area (Å²) in [5.41, 5.74) is -1.43. The number of benzene rings is 1. The number of esters is 1. The molecule has 1 aliphatic rings. The molecule has 1 aliphatic heterocycles. The third kappa shape index (κ3) is 4.19. The summed E-state index contributed by atoms with van der Waals surface area (Å²) in [7, 11) is 3.00.